The van der Waals surface area contributed by atoms with E-state index in [1.54, 1.807) is 7.11 Å². The van der Waals surface area contributed by atoms with Gasteiger partial charge in [0.05, 0.1) is 19.3 Å². The second-order valence-electron chi connectivity index (χ2n) is 5.94. The van der Waals surface area contributed by atoms with E-state index >= 15 is 0 Å². The van der Waals surface area contributed by atoms with Crippen LogP contribution in [0.3, 0.4) is 0 Å². The summed E-state index contributed by atoms with van der Waals surface area (Å²) in [7, 11) is 1.73. The number of nitrogens with zero attached hydrogens (tertiary/aromatic N) is 1. The van der Waals surface area contributed by atoms with Crippen LogP contribution in [0.15, 0.2) is 18.2 Å². The molecule has 0 spiro atoms. The third kappa shape index (κ3) is 4.43. The van der Waals surface area contributed by atoms with Gasteiger partial charge in [-0.2, -0.15) is 0 Å². The maximum Gasteiger partial charge on any atom is 0.0723 e. The normalized spacial score (nSPS) is 22.6. The van der Waals surface area contributed by atoms with Crippen molar-refractivity contribution in [1.29, 1.82) is 0 Å². The lowest BCUT2D eigenvalue weighted by Crippen LogP contribution is -2.47. The largest absolute Gasteiger partial charge is 0.383 e. The van der Waals surface area contributed by atoms with Crippen LogP contribution in [0.5, 0.6) is 0 Å². The summed E-state index contributed by atoms with van der Waals surface area (Å²) in [4.78, 5) is 2.46. The standard InChI is InChI=1S/C17H28N2O2/c1-13-9-16(10-18-7-8-20-4)5-6-17(13)19-11-15(3)21-12-14(19)2/h5-6,9,14-15,18H,7-8,10-12H2,1-4H3. The van der Waals surface area contributed by atoms with Crippen molar-refractivity contribution in [3.63, 3.8) is 0 Å². The predicted octanol–water partition coefficient (Wildman–Crippen LogP) is 2.34. The zero-order chi connectivity index (χ0) is 15.2. The van der Waals surface area contributed by atoms with Gasteiger partial charge in [-0.15, -0.1) is 0 Å². The van der Waals surface area contributed by atoms with Gasteiger partial charge in [0.2, 0.25) is 0 Å². The molecule has 1 N–H and O–H groups in total. The van der Waals surface area contributed by atoms with Gasteiger partial charge in [0, 0.05) is 38.5 Å². The highest BCUT2D eigenvalue weighted by atomic mass is 16.5. The number of methoxy groups -OCH3 is 1. The Bertz CT molecular complexity index is 450. The predicted molar refractivity (Wildman–Crippen MR) is 87.0 cm³/mol. The molecule has 1 saturated heterocycles. The van der Waals surface area contributed by atoms with Crippen molar-refractivity contribution >= 4 is 5.69 Å². The van der Waals surface area contributed by atoms with E-state index in [2.05, 4.69) is 49.2 Å². The summed E-state index contributed by atoms with van der Waals surface area (Å²) in [6.45, 7) is 10.9. The fraction of sp³-hybridized carbons (Fsp3) is 0.647. The Morgan fingerprint density at radius 2 is 2.19 bits per heavy atom. The average molecular weight is 292 g/mol. The number of rotatable bonds is 6. The summed E-state index contributed by atoms with van der Waals surface area (Å²) in [6.07, 6.45) is 0.302. The quantitative estimate of drug-likeness (QED) is 0.816. The van der Waals surface area contributed by atoms with Gasteiger partial charge in [-0.25, -0.2) is 0 Å². The van der Waals surface area contributed by atoms with Gasteiger partial charge in [-0.1, -0.05) is 12.1 Å². The summed E-state index contributed by atoms with van der Waals surface area (Å²) >= 11 is 0. The van der Waals surface area contributed by atoms with Crippen molar-refractivity contribution in [1.82, 2.24) is 5.32 Å². The molecule has 0 aliphatic carbocycles. The number of ether oxygens (including phenoxy) is 2. The lowest BCUT2D eigenvalue weighted by molar-refractivity contribution is 0.0343. The van der Waals surface area contributed by atoms with E-state index in [4.69, 9.17) is 9.47 Å². The SMILES string of the molecule is COCCNCc1ccc(N2CC(C)OCC2C)c(C)c1. The number of hydrogen-bond donors (Lipinski definition) is 1. The van der Waals surface area contributed by atoms with Crippen LogP contribution in [-0.4, -0.2) is 45.6 Å². The summed E-state index contributed by atoms with van der Waals surface area (Å²) in [5, 5.41) is 3.39. The minimum Gasteiger partial charge on any atom is -0.383 e. The maximum absolute atomic E-state index is 5.72. The van der Waals surface area contributed by atoms with E-state index in [0.717, 1.165) is 32.8 Å². The van der Waals surface area contributed by atoms with Crippen molar-refractivity contribution in [2.75, 3.05) is 38.3 Å². The van der Waals surface area contributed by atoms with Crippen molar-refractivity contribution in [3.05, 3.63) is 29.3 Å². The van der Waals surface area contributed by atoms with Crippen LogP contribution in [0.2, 0.25) is 0 Å². The van der Waals surface area contributed by atoms with Crippen LogP contribution in [0.25, 0.3) is 0 Å². The first-order valence-electron chi connectivity index (χ1n) is 7.79. The molecular weight excluding hydrogens is 264 g/mol. The summed E-state index contributed by atoms with van der Waals surface area (Å²) in [5.41, 5.74) is 3.99. The van der Waals surface area contributed by atoms with Gasteiger partial charge in [-0.3, -0.25) is 0 Å². The molecule has 2 unspecified atom stereocenters. The molecule has 21 heavy (non-hydrogen) atoms. The molecule has 1 aliphatic heterocycles. The van der Waals surface area contributed by atoms with Gasteiger partial charge in [-0.05, 0) is 38.0 Å². The Kier molecular flexibility index (Phi) is 6.03. The molecule has 0 saturated carbocycles. The fourth-order valence-corrected chi connectivity index (χ4v) is 2.80. The van der Waals surface area contributed by atoms with Crippen molar-refractivity contribution in [3.8, 4) is 0 Å². The van der Waals surface area contributed by atoms with Crippen LogP contribution >= 0.6 is 0 Å². The smallest absolute Gasteiger partial charge is 0.0723 e. The molecule has 0 bridgehead atoms. The molecule has 118 valence electrons. The zero-order valence-corrected chi connectivity index (χ0v) is 13.7. The first-order chi connectivity index (χ1) is 10.1. The zero-order valence-electron chi connectivity index (χ0n) is 13.7. The van der Waals surface area contributed by atoms with E-state index in [9.17, 15) is 0 Å². The second kappa shape index (κ2) is 7.78. The van der Waals surface area contributed by atoms with E-state index in [1.807, 2.05) is 0 Å². The summed E-state index contributed by atoms with van der Waals surface area (Å²) < 4.78 is 10.8. The van der Waals surface area contributed by atoms with Crippen LogP contribution < -0.4 is 10.2 Å². The number of anilines is 1. The first-order valence-corrected chi connectivity index (χ1v) is 7.79. The maximum atomic E-state index is 5.72. The molecule has 0 aromatic heterocycles. The third-order valence-electron chi connectivity index (χ3n) is 3.99. The van der Waals surface area contributed by atoms with Gasteiger partial charge in [0.15, 0.2) is 0 Å². The lowest BCUT2D eigenvalue weighted by Gasteiger charge is -2.39. The molecule has 1 aromatic carbocycles. The first kappa shape index (κ1) is 16.3. The highest BCUT2D eigenvalue weighted by Gasteiger charge is 2.24. The minimum atomic E-state index is 0.302. The molecule has 4 nitrogen and oxygen atoms in total. The van der Waals surface area contributed by atoms with Gasteiger partial charge in [0.1, 0.15) is 0 Å². The Labute approximate surface area is 128 Å². The topological polar surface area (TPSA) is 33.7 Å². The number of morpholine rings is 1. The number of hydrogen-bond acceptors (Lipinski definition) is 4. The Morgan fingerprint density at radius 3 is 2.90 bits per heavy atom. The summed E-state index contributed by atoms with van der Waals surface area (Å²) in [5.74, 6) is 0. The molecule has 1 aliphatic rings. The molecule has 1 heterocycles. The number of aryl methyl sites for hydroxylation is 1. The molecule has 1 aromatic rings. The molecule has 1 fully saturated rings. The lowest BCUT2D eigenvalue weighted by atomic mass is 10.1. The van der Waals surface area contributed by atoms with Crippen molar-refractivity contribution < 1.29 is 9.47 Å². The molecule has 0 amide bonds. The van der Waals surface area contributed by atoms with Crippen LogP contribution in [0.4, 0.5) is 5.69 Å². The van der Waals surface area contributed by atoms with Crippen molar-refractivity contribution in [2.45, 2.75) is 39.5 Å². The number of benzene rings is 1. The highest BCUT2D eigenvalue weighted by molar-refractivity contribution is 5.55. The average Bonchev–Trinajstić information content (AvgIpc) is 2.47. The van der Waals surface area contributed by atoms with Crippen molar-refractivity contribution in [2.24, 2.45) is 0 Å². The van der Waals surface area contributed by atoms with E-state index in [0.29, 0.717) is 12.1 Å². The van der Waals surface area contributed by atoms with Gasteiger partial charge >= 0.3 is 0 Å². The van der Waals surface area contributed by atoms with E-state index in [1.165, 1.54) is 16.8 Å². The highest BCUT2D eigenvalue weighted by Crippen LogP contribution is 2.26. The molecule has 2 atom stereocenters. The second-order valence-corrected chi connectivity index (χ2v) is 5.94. The van der Waals surface area contributed by atoms with Crippen LogP contribution in [0.1, 0.15) is 25.0 Å². The molecule has 0 radical (unpaired) electrons. The molecular formula is C17H28N2O2. The monoisotopic (exact) mass is 292 g/mol. The Hall–Kier alpha value is -1.10. The van der Waals surface area contributed by atoms with Crippen LogP contribution in [0, 0.1) is 6.92 Å². The number of nitrogens with one attached hydrogen (secondary N) is 1. The van der Waals surface area contributed by atoms with Gasteiger partial charge < -0.3 is 19.7 Å². The van der Waals surface area contributed by atoms with Gasteiger partial charge in [0.25, 0.3) is 0 Å². The molecule has 2 rings (SSSR count). The minimum absolute atomic E-state index is 0.302. The molecule has 4 heteroatoms. The Balaban J connectivity index is 2.01. The van der Waals surface area contributed by atoms with Crippen LogP contribution in [-0.2, 0) is 16.0 Å². The van der Waals surface area contributed by atoms with E-state index < -0.39 is 0 Å². The van der Waals surface area contributed by atoms with E-state index in [-0.39, 0.29) is 0 Å². The fourth-order valence-electron chi connectivity index (χ4n) is 2.80. The summed E-state index contributed by atoms with van der Waals surface area (Å²) in [6, 6.07) is 7.18. The Morgan fingerprint density at radius 1 is 1.38 bits per heavy atom. The third-order valence-corrected chi connectivity index (χ3v) is 3.99.